The maximum Gasteiger partial charge on any atom is 0.255 e. The van der Waals surface area contributed by atoms with Crippen LogP contribution < -0.4 is 10.6 Å². The van der Waals surface area contributed by atoms with Gasteiger partial charge < -0.3 is 15.5 Å². The first-order chi connectivity index (χ1) is 14.8. The van der Waals surface area contributed by atoms with Crippen LogP contribution in [-0.2, 0) is 4.79 Å². The van der Waals surface area contributed by atoms with E-state index < -0.39 is 0 Å². The number of anilines is 1. The molecular weight excluding hydrogens is 390 g/mol. The first kappa shape index (κ1) is 22.5. The van der Waals surface area contributed by atoms with Crippen LogP contribution in [0.15, 0.2) is 48.5 Å². The lowest BCUT2D eigenvalue weighted by atomic mass is 9.96. The normalized spacial score (nSPS) is 16.1. The number of hydrogen-bond acceptors (Lipinski definition) is 3. The van der Waals surface area contributed by atoms with Crippen molar-refractivity contribution in [2.75, 3.05) is 25.0 Å². The zero-order valence-electron chi connectivity index (χ0n) is 18.5. The number of carbonyl (C=O) groups excluding carboxylic acids is 3. The molecule has 1 fully saturated rings. The zero-order chi connectivity index (χ0) is 22.4. The Morgan fingerprint density at radius 3 is 2.29 bits per heavy atom. The summed E-state index contributed by atoms with van der Waals surface area (Å²) in [5.74, 6) is -0.0108. The quantitative estimate of drug-likeness (QED) is 0.743. The lowest BCUT2D eigenvalue weighted by Crippen LogP contribution is -2.46. The number of rotatable bonds is 6. The van der Waals surface area contributed by atoms with Gasteiger partial charge in [0.1, 0.15) is 0 Å². The smallest absolute Gasteiger partial charge is 0.255 e. The van der Waals surface area contributed by atoms with Crippen LogP contribution in [0.2, 0.25) is 0 Å². The minimum atomic E-state index is -0.189. The third-order valence-electron chi connectivity index (χ3n) is 5.47. The van der Waals surface area contributed by atoms with Crippen LogP contribution in [0.1, 0.15) is 53.0 Å². The summed E-state index contributed by atoms with van der Waals surface area (Å²) in [6.45, 7) is 7.83. The molecule has 1 aliphatic heterocycles. The standard InChI is InChI=1S/C25H31N3O3/c1-17(2)15-26-23(29)21-5-4-14-28(16-21)25(31)20-10-12-22(13-11-20)27-24(30)19-8-6-18(3)7-9-19/h6-13,17,21H,4-5,14-16H2,1-3H3,(H,26,29)(H,27,30)/t21-/m0/s1. The molecule has 6 heteroatoms. The molecule has 0 aromatic heterocycles. The molecule has 0 bridgehead atoms. The molecular formula is C25H31N3O3. The maximum atomic E-state index is 12.9. The largest absolute Gasteiger partial charge is 0.356 e. The molecule has 0 unspecified atom stereocenters. The van der Waals surface area contributed by atoms with Gasteiger partial charge in [-0.05, 0) is 62.1 Å². The van der Waals surface area contributed by atoms with E-state index in [1.807, 2.05) is 19.1 Å². The average molecular weight is 422 g/mol. The average Bonchev–Trinajstić information content (AvgIpc) is 2.78. The Morgan fingerprint density at radius 1 is 1.00 bits per heavy atom. The Kier molecular flexibility index (Phi) is 7.45. The molecule has 3 amide bonds. The molecule has 31 heavy (non-hydrogen) atoms. The van der Waals surface area contributed by atoms with Crippen LogP contribution >= 0.6 is 0 Å². The van der Waals surface area contributed by atoms with E-state index in [4.69, 9.17) is 0 Å². The molecule has 0 radical (unpaired) electrons. The van der Waals surface area contributed by atoms with Gasteiger partial charge in [0, 0.05) is 36.4 Å². The highest BCUT2D eigenvalue weighted by atomic mass is 16.2. The number of hydrogen-bond donors (Lipinski definition) is 2. The lowest BCUT2D eigenvalue weighted by molar-refractivity contribution is -0.126. The third kappa shape index (κ3) is 6.17. The van der Waals surface area contributed by atoms with Gasteiger partial charge in [0.2, 0.25) is 5.91 Å². The third-order valence-corrected chi connectivity index (χ3v) is 5.47. The van der Waals surface area contributed by atoms with Gasteiger partial charge in [-0.3, -0.25) is 14.4 Å². The SMILES string of the molecule is Cc1ccc(C(=O)Nc2ccc(C(=O)N3CCC[C@H](C(=O)NCC(C)C)C3)cc2)cc1. The number of nitrogens with one attached hydrogen (secondary N) is 2. The van der Waals surface area contributed by atoms with Crippen molar-refractivity contribution in [1.82, 2.24) is 10.2 Å². The van der Waals surface area contributed by atoms with Crippen LogP contribution in [0, 0.1) is 18.8 Å². The molecule has 2 aromatic rings. The van der Waals surface area contributed by atoms with E-state index in [2.05, 4.69) is 24.5 Å². The van der Waals surface area contributed by atoms with Crippen LogP contribution in [0.25, 0.3) is 0 Å². The summed E-state index contributed by atoms with van der Waals surface area (Å²) in [5.41, 5.74) is 2.86. The fourth-order valence-electron chi connectivity index (χ4n) is 3.61. The van der Waals surface area contributed by atoms with E-state index in [0.717, 1.165) is 18.4 Å². The summed E-state index contributed by atoms with van der Waals surface area (Å²) in [4.78, 5) is 39.4. The molecule has 1 aliphatic rings. The Labute approximate surface area is 184 Å². The van der Waals surface area contributed by atoms with Crippen molar-refractivity contribution in [3.8, 4) is 0 Å². The minimum absolute atomic E-state index is 0.0281. The molecule has 1 saturated heterocycles. The first-order valence-electron chi connectivity index (χ1n) is 10.9. The van der Waals surface area contributed by atoms with Crippen molar-refractivity contribution in [3.63, 3.8) is 0 Å². The first-order valence-corrected chi connectivity index (χ1v) is 10.9. The lowest BCUT2D eigenvalue weighted by Gasteiger charge is -2.32. The van der Waals surface area contributed by atoms with Crippen molar-refractivity contribution in [1.29, 1.82) is 0 Å². The number of carbonyl (C=O) groups is 3. The number of aryl methyl sites for hydroxylation is 1. The molecule has 0 aliphatic carbocycles. The van der Waals surface area contributed by atoms with Crippen LogP contribution in [0.4, 0.5) is 5.69 Å². The van der Waals surface area contributed by atoms with Crippen molar-refractivity contribution < 1.29 is 14.4 Å². The Bertz CT molecular complexity index is 920. The Balaban J connectivity index is 1.58. The number of likely N-dealkylation sites (tertiary alicyclic amines) is 1. The molecule has 2 aromatic carbocycles. The molecule has 0 saturated carbocycles. The molecule has 6 nitrogen and oxygen atoms in total. The second kappa shape index (κ2) is 10.2. The fraction of sp³-hybridized carbons (Fsp3) is 0.400. The van der Waals surface area contributed by atoms with Gasteiger partial charge in [-0.25, -0.2) is 0 Å². The molecule has 3 rings (SSSR count). The monoisotopic (exact) mass is 421 g/mol. The number of amides is 3. The predicted octanol–water partition coefficient (Wildman–Crippen LogP) is 3.87. The van der Waals surface area contributed by atoms with Gasteiger partial charge in [-0.1, -0.05) is 31.5 Å². The highest BCUT2D eigenvalue weighted by Crippen LogP contribution is 2.20. The van der Waals surface area contributed by atoms with Crippen LogP contribution in [0.3, 0.4) is 0 Å². The van der Waals surface area contributed by atoms with Crippen molar-refractivity contribution >= 4 is 23.4 Å². The number of benzene rings is 2. The van der Waals surface area contributed by atoms with E-state index in [0.29, 0.717) is 42.4 Å². The van der Waals surface area contributed by atoms with Crippen molar-refractivity contribution in [2.45, 2.75) is 33.6 Å². The van der Waals surface area contributed by atoms with Gasteiger partial charge in [-0.2, -0.15) is 0 Å². The van der Waals surface area contributed by atoms with Crippen molar-refractivity contribution in [2.24, 2.45) is 11.8 Å². The summed E-state index contributed by atoms with van der Waals surface area (Å²) in [5, 5.41) is 5.83. The molecule has 0 spiro atoms. The Hall–Kier alpha value is -3.15. The molecule has 164 valence electrons. The van der Waals surface area contributed by atoms with E-state index in [1.54, 1.807) is 41.3 Å². The second-order valence-corrected chi connectivity index (χ2v) is 8.63. The Morgan fingerprint density at radius 2 is 1.65 bits per heavy atom. The minimum Gasteiger partial charge on any atom is -0.356 e. The van der Waals surface area contributed by atoms with E-state index in [1.165, 1.54) is 0 Å². The number of nitrogens with zero attached hydrogens (tertiary/aromatic N) is 1. The van der Waals surface area contributed by atoms with E-state index >= 15 is 0 Å². The fourth-order valence-corrected chi connectivity index (χ4v) is 3.61. The summed E-state index contributed by atoms with van der Waals surface area (Å²) < 4.78 is 0. The van der Waals surface area contributed by atoms with Gasteiger partial charge in [-0.15, -0.1) is 0 Å². The van der Waals surface area contributed by atoms with E-state index in [9.17, 15) is 14.4 Å². The van der Waals surface area contributed by atoms with Gasteiger partial charge >= 0.3 is 0 Å². The summed E-state index contributed by atoms with van der Waals surface area (Å²) in [6.07, 6.45) is 1.62. The van der Waals surface area contributed by atoms with Crippen LogP contribution in [-0.4, -0.2) is 42.3 Å². The molecule has 1 atom stereocenters. The summed E-state index contributed by atoms with van der Waals surface area (Å²) in [6, 6.07) is 14.3. The van der Waals surface area contributed by atoms with Gasteiger partial charge in [0.05, 0.1) is 5.92 Å². The van der Waals surface area contributed by atoms with Gasteiger partial charge in [0.25, 0.3) is 11.8 Å². The molecule has 2 N–H and O–H groups in total. The zero-order valence-corrected chi connectivity index (χ0v) is 18.5. The van der Waals surface area contributed by atoms with Crippen molar-refractivity contribution in [3.05, 3.63) is 65.2 Å². The molecule has 1 heterocycles. The topological polar surface area (TPSA) is 78.5 Å². The van der Waals surface area contributed by atoms with Gasteiger partial charge in [0.15, 0.2) is 0 Å². The second-order valence-electron chi connectivity index (χ2n) is 8.63. The summed E-state index contributed by atoms with van der Waals surface area (Å²) >= 11 is 0. The van der Waals surface area contributed by atoms with E-state index in [-0.39, 0.29) is 23.6 Å². The maximum absolute atomic E-state index is 12.9. The van der Waals surface area contributed by atoms with Crippen LogP contribution in [0.5, 0.6) is 0 Å². The summed E-state index contributed by atoms with van der Waals surface area (Å²) in [7, 11) is 0. The number of piperidine rings is 1. The highest BCUT2D eigenvalue weighted by molar-refractivity contribution is 6.04. The highest BCUT2D eigenvalue weighted by Gasteiger charge is 2.28. The predicted molar refractivity (Wildman–Crippen MR) is 122 cm³/mol.